The van der Waals surface area contributed by atoms with Gasteiger partial charge in [0.05, 0.1) is 6.10 Å². The van der Waals surface area contributed by atoms with Crippen LogP contribution in [0.1, 0.15) is 16.1 Å². The van der Waals surface area contributed by atoms with Gasteiger partial charge in [0.1, 0.15) is 11.5 Å². The topological polar surface area (TPSA) is 65.1 Å². The number of fused-ring (bicyclic) bond motifs is 1. The minimum atomic E-state index is -0.678. The van der Waals surface area contributed by atoms with Crippen molar-refractivity contribution in [2.24, 2.45) is 0 Å². The van der Waals surface area contributed by atoms with Crippen LogP contribution in [0.15, 0.2) is 54.6 Å². The summed E-state index contributed by atoms with van der Waals surface area (Å²) < 4.78 is 13.6. The molecule has 0 aliphatic carbocycles. The molecule has 1 heterocycles. The fraction of sp³-hybridized carbons (Fsp3) is 0.167. The molecule has 3 rings (SSSR count). The lowest BCUT2D eigenvalue weighted by Crippen LogP contribution is -2.33. The summed E-state index contributed by atoms with van der Waals surface area (Å²) in [6.45, 7) is 0.131. The van der Waals surface area contributed by atoms with E-state index in [-0.39, 0.29) is 24.0 Å². The third kappa shape index (κ3) is 3.57. The molecule has 3 aromatic rings. The van der Waals surface area contributed by atoms with Crippen LogP contribution in [0, 0.1) is 5.82 Å². The summed E-state index contributed by atoms with van der Waals surface area (Å²) in [5.41, 5.74) is 1.85. The van der Waals surface area contributed by atoms with E-state index in [9.17, 15) is 14.3 Å². The Morgan fingerprint density at radius 1 is 1.17 bits per heavy atom. The zero-order valence-corrected chi connectivity index (χ0v) is 12.4. The molecular weight excluding hydrogens is 295 g/mol. The lowest BCUT2D eigenvalue weighted by atomic mass is 10.1. The van der Waals surface area contributed by atoms with Gasteiger partial charge in [0.15, 0.2) is 0 Å². The summed E-state index contributed by atoms with van der Waals surface area (Å²) in [6, 6.07) is 15.7. The predicted octanol–water partition coefficient (Wildman–Crippen LogP) is 2.64. The van der Waals surface area contributed by atoms with Crippen LogP contribution >= 0.6 is 0 Å². The third-order valence-electron chi connectivity index (χ3n) is 3.67. The van der Waals surface area contributed by atoms with Crippen LogP contribution in [-0.4, -0.2) is 28.6 Å². The average Bonchev–Trinajstić information content (AvgIpc) is 2.99. The predicted molar refractivity (Wildman–Crippen MR) is 86.7 cm³/mol. The average molecular weight is 312 g/mol. The van der Waals surface area contributed by atoms with Gasteiger partial charge in [-0.1, -0.05) is 36.4 Å². The monoisotopic (exact) mass is 312 g/mol. The molecule has 118 valence electrons. The van der Waals surface area contributed by atoms with Gasteiger partial charge in [0.2, 0.25) is 0 Å². The highest BCUT2D eigenvalue weighted by Crippen LogP contribution is 2.18. The molecule has 0 radical (unpaired) electrons. The first-order valence-corrected chi connectivity index (χ1v) is 7.41. The van der Waals surface area contributed by atoms with Crippen LogP contribution in [-0.2, 0) is 6.42 Å². The lowest BCUT2D eigenvalue weighted by Gasteiger charge is -2.11. The molecule has 0 aliphatic rings. The summed E-state index contributed by atoms with van der Waals surface area (Å²) >= 11 is 0. The van der Waals surface area contributed by atoms with Gasteiger partial charge in [-0.2, -0.15) is 0 Å². The van der Waals surface area contributed by atoms with Gasteiger partial charge in [0.25, 0.3) is 5.91 Å². The van der Waals surface area contributed by atoms with Crippen LogP contribution in [0.2, 0.25) is 0 Å². The molecule has 0 bridgehead atoms. The van der Waals surface area contributed by atoms with E-state index in [1.807, 2.05) is 30.3 Å². The van der Waals surface area contributed by atoms with Crippen molar-refractivity contribution in [3.63, 3.8) is 0 Å². The van der Waals surface area contributed by atoms with E-state index in [0.29, 0.717) is 17.3 Å². The quantitative estimate of drug-likeness (QED) is 0.678. The maximum Gasteiger partial charge on any atom is 0.267 e. The highest BCUT2D eigenvalue weighted by atomic mass is 19.1. The first-order valence-electron chi connectivity index (χ1n) is 7.41. The van der Waals surface area contributed by atoms with E-state index in [0.717, 1.165) is 5.56 Å². The maximum absolute atomic E-state index is 13.6. The van der Waals surface area contributed by atoms with Gasteiger partial charge in [0, 0.05) is 23.9 Å². The number of rotatable bonds is 5. The van der Waals surface area contributed by atoms with E-state index in [4.69, 9.17) is 0 Å². The highest BCUT2D eigenvalue weighted by Gasteiger charge is 2.13. The number of aliphatic hydroxyl groups is 1. The Hall–Kier alpha value is -2.66. The Bertz CT molecular complexity index is 814. The SMILES string of the molecule is O=C(NCC(O)Cc1ccccc1)c1cc2c(F)cccc2[nH]1. The number of aliphatic hydroxyl groups excluding tert-OH is 1. The molecule has 0 aliphatic heterocycles. The second kappa shape index (κ2) is 6.62. The molecule has 1 amide bonds. The standard InChI is InChI=1S/C18H17FN2O2/c19-15-7-4-8-16-14(15)10-17(21-16)18(23)20-11-13(22)9-12-5-2-1-3-6-12/h1-8,10,13,21-22H,9,11H2,(H,20,23). The van der Waals surface area contributed by atoms with Gasteiger partial charge in [-0.25, -0.2) is 4.39 Å². The molecule has 0 spiro atoms. The second-order valence-electron chi connectivity index (χ2n) is 5.44. The molecule has 2 aromatic carbocycles. The normalized spacial score (nSPS) is 12.3. The van der Waals surface area contributed by atoms with Crippen LogP contribution in [0.5, 0.6) is 0 Å². The van der Waals surface area contributed by atoms with Crippen molar-refractivity contribution >= 4 is 16.8 Å². The molecule has 5 heteroatoms. The van der Waals surface area contributed by atoms with Crippen molar-refractivity contribution in [1.82, 2.24) is 10.3 Å². The fourth-order valence-corrected chi connectivity index (χ4v) is 2.50. The van der Waals surface area contributed by atoms with Crippen LogP contribution in [0.25, 0.3) is 10.9 Å². The number of carbonyl (C=O) groups is 1. The molecule has 0 fully saturated rings. The Balaban J connectivity index is 1.61. The second-order valence-corrected chi connectivity index (χ2v) is 5.44. The summed E-state index contributed by atoms with van der Waals surface area (Å²) in [6.07, 6.45) is -0.218. The lowest BCUT2D eigenvalue weighted by molar-refractivity contribution is 0.0912. The number of hydrogen-bond donors (Lipinski definition) is 3. The van der Waals surface area contributed by atoms with Gasteiger partial charge < -0.3 is 15.4 Å². The maximum atomic E-state index is 13.6. The van der Waals surface area contributed by atoms with E-state index in [1.54, 1.807) is 12.1 Å². The molecule has 0 saturated heterocycles. The Labute approximate surface area is 133 Å². The number of benzene rings is 2. The number of nitrogens with one attached hydrogen (secondary N) is 2. The van der Waals surface area contributed by atoms with E-state index in [1.165, 1.54) is 12.1 Å². The molecule has 1 aromatic heterocycles. The molecule has 23 heavy (non-hydrogen) atoms. The fourth-order valence-electron chi connectivity index (χ4n) is 2.50. The van der Waals surface area contributed by atoms with Crippen LogP contribution in [0.3, 0.4) is 0 Å². The highest BCUT2D eigenvalue weighted by molar-refractivity contribution is 5.98. The Kier molecular flexibility index (Phi) is 4.39. The first-order chi connectivity index (χ1) is 11.1. The molecule has 1 unspecified atom stereocenters. The number of aromatic amines is 1. The zero-order chi connectivity index (χ0) is 16.2. The van der Waals surface area contributed by atoms with E-state index < -0.39 is 6.10 Å². The van der Waals surface area contributed by atoms with Crippen molar-refractivity contribution in [2.45, 2.75) is 12.5 Å². The zero-order valence-electron chi connectivity index (χ0n) is 12.4. The Morgan fingerprint density at radius 2 is 1.96 bits per heavy atom. The van der Waals surface area contributed by atoms with E-state index in [2.05, 4.69) is 10.3 Å². The summed E-state index contributed by atoms with van der Waals surface area (Å²) in [5, 5.41) is 13.0. The van der Waals surface area contributed by atoms with Gasteiger partial charge >= 0.3 is 0 Å². The summed E-state index contributed by atoms with van der Waals surface area (Å²) in [4.78, 5) is 15.0. The van der Waals surface area contributed by atoms with E-state index >= 15 is 0 Å². The van der Waals surface area contributed by atoms with Gasteiger partial charge in [-0.15, -0.1) is 0 Å². The molecule has 0 saturated carbocycles. The minimum absolute atomic E-state index is 0.131. The summed E-state index contributed by atoms with van der Waals surface area (Å²) in [7, 11) is 0. The Morgan fingerprint density at radius 3 is 2.70 bits per heavy atom. The van der Waals surface area contributed by atoms with Crippen molar-refractivity contribution in [2.75, 3.05) is 6.54 Å². The van der Waals surface area contributed by atoms with Crippen LogP contribution in [0.4, 0.5) is 4.39 Å². The smallest absolute Gasteiger partial charge is 0.267 e. The van der Waals surface area contributed by atoms with Crippen molar-refractivity contribution in [3.8, 4) is 0 Å². The molecule has 1 atom stereocenters. The number of carbonyl (C=O) groups excluding carboxylic acids is 1. The summed E-state index contributed by atoms with van der Waals surface area (Å²) in [5.74, 6) is -0.741. The largest absolute Gasteiger partial charge is 0.391 e. The number of hydrogen-bond acceptors (Lipinski definition) is 2. The van der Waals surface area contributed by atoms with Crippen molar-refractivity contribution in [1.29, 1.82) is 0 Å². The third-order valence-corrected chi connectivity index (χ3v) is 3.67. The van der Waals surface area contributed by atoms with Gasteiger partial charge in [-0.3, -0.25) is 4.79 Å². The van der Waals surface area contributed by atoms with Crippen LogP contribution < -0.4 is 5.32 Å². The molecule has 3 N–H and O–H groups in total. The number of H-pyrrole nitrogens is 1. The molecular formula is C18H17FN2O2. The number of amides is 1. The number of halogens is 1. The molecule has 4 nitrogen and oxygen atoms in total. The van der Waals surface area contributed by atoms with Crippen molar-refractivity contribution < 1.29 is 14.3 Å². The minimum Gasteiger partial charge on any atom is -0.391 e. The van der Waals surface area contributed by atoms with Gasteiger partial charge in [-0.05, 0) is 23.8 Å². The number of aromatic nitrogens is 1. The first kappa shape index (κ1) is 15.2. The van der Waals surface area contributed by atoms with Crippen molar-refractivity contribution in [3.05, 3.63) is 71.7 Å².